The molecule has 0 aliphatic carbocycles. The summed E-state index contributed by atoms with van der Waals surface area (Å²) in [7, 11) is 1.59. The molecule has 0 bridgehead atoms. The Bertz CT molecular complexity index is 495. The Balaban J connectivity index is 2.04. The lowest BCUT2D eigenvalue weighted by molar-refractivity contribution is -0.120. The van der Waals surface area contributed by atoms with Gasteiger partial charge in [0.15, 0.2) is 0 Å². The first kappa shape index (κ1) is 11.3. The zero-order valence-corrected chi connectivity index (χ0v) is 9.38. The lowest BCUT2D eigenvalue weighted by Gasteiger charge is -1.94. The minimum atomic E-state index is -0.0499. The number of hydrogen-bond acceptors (Lipinski definition) is 5. The topological polar surface area (TPSA) is 80.9 Å². The van der Waals surface area contributed by atoms with Gasteiger partial charge in [-0.25, -0.2) is 0 Å². The number of pyridine rings is 1. The number of carbonyl (C=O) groups excluding carboxylic acids is 1. The van der Waals surface area contributed by atoms with Gasteiger partial charge in [-0.1, -0.05) is 5.16 Å². The van der Waals surface area contributed by atoms with Crippen LogP contribution in [0.3, 0.4) is 0 Å². The third-order valence-electron chi connectivity index (χ3n) is 2.23. The van der Waals surface area contributed by atoms with Crippen molar-refractivity contribution >= 4 is 5.91 Å². The number of nitrogens with one attached hydrogen (secondary N) is 1. The second-order valence-electron chi connectivity index (χ2n) is 3.43. The number of hydrogen-bond donors (Lipinski definition) is 1. The number of amides is 1. The largest absolute Gasteiger partial charge is 0.359 e. The fraction of sp³-hybridized carbons (Fsp3) is 0.273. The molecule has 2 aromatic rings. The predicted octanol–water partition coefficient (Wildman–Crippen LogP) is 0.810. The summed E-state index contributed by atoms with van der Waals surface area (Å²) in [6.45, 7) is 0. The zero-order valence-electron chi connectivity index (χ0n) is 9.38. The highest BCUT2D eigenvalue weighted by molar-refractivity contribution is 5.75. The number of rotatable bonds is 4. The molecule has 2 heterocycles. The Morgan fingerprint density at radius 1 is 1.53 bits per heavy atom. The molecule has 0 radical (unpaired) electrons. The molecule has 1 amide bonds. The number of nitrogens with zero attached hydrogens (tertiary/aromatic N) is 3. The van der Waals surface area contributed by atoms with Gasteiger partial charge in [-0.05, 0) is 12.1 Å². The van der Waals surface area contributed by atoms with Gasteiger partial charge in [0.2, 0.25) is 17.6 Å². The molecular formula is C11H12N4O2. The van der Waals surface area contributed by atoms with E-state index in [0.29, 0.717) is 24.6 Å². The van der Waals surface area contributed by atoms with E-state index in [4.69, 9.17) is 4.52 Å². The van der Waals surface area contributed by atoms with E-state index >= 15 is 0 Å². The van der Waals surface area contributed by atoms with Crippen LogP contribution >= 0.6 is 0 Å². The average Bonchev–Trinajstić information content (AvgIpc) is 2.86. The van der Waals surface area contributed by atoms with E-state index < -0.39 is 0 Å². The van der Waals surface area contributed by atoms with Gasteiger partial charge < -0.3 is 9.84 Å². The van der Waals surface area contributed by atoms with Crippen molar-refractivity contribution in [1.82, 2.24) is 20.4 Å². The van der Waals surface area contributed by atoms with Crippen LogP contribution in [-0.2, 0) is 11.2 Å². The first-order valence-electron chi connectivity index (χ1n) is 5.23. The maximum Gasteiger partial charge on any atom is 0.227 e. The Morgan fingerprint density at radius 3 is 3.12 bits per heavy atom. The van der Waals surface area contributed by atoms with E-state index in [1.54, 1.807) is 25.5 Å². The molecule has 2 aromatic heterocycles. The molecule has 0 aliphatic rings. The molecule has 6 nitrogen and oxygen atoms in total. The molecule has 0 saturated heterocycles. The molecule has 0 atom stereocenters. The molecule has 6 heteroatoms. The number of carbonyl (C=O) groups is 1. The van der Waals surface area contributed by atoms with Crippen LogP contribution in [0.25, 0.3) is 11.4 Å². The highest BCUT2D eigenvalue weighted by Gasteiger charge is 2.09. The van der Waals surface area contributed by atoms with Crippen molar-refractivity contribution in [2.75, 3.05) is 7.05 Å². The number of aryl methyl sites for hydroxylation is 1. The smallest absolute Gasteiger partial charge is 0.227 e. The molecule has 88 valence electrons. The maximum absolute atomic E-state index is 11.1. The van der Waals surface area contributed by atoms with Crippen LogP contribution in [0.5, 0.6) is 0 Å². The standard InChI is InChI=1S/C11H12N4O2/c1-12-9(16)4-5-10-14-11(15-17-10)8-3-2-6-13-7-8/h2-3,6-7H,4-5H2,1H3,(H,12,16). The Hall–Kier alpha value is -2.24. The van der Waals surface area contributed by atoms with E-state index in [1.807, 2.05) is 6.07 Å². The van der Waals surface area contributed by atoms with E-state index in [9.17, 15) is 4.79 Å². The van der Waals surface area contributed by atoms with Crippen molar-refractivity contribution in [1.29, 1.82) is 0 Å². The summed E-state index contributed by atoms with van der Waals surface area (Å²) in [6.07, 6.45) is 4.11. The Morgan fingerprint density at radius 2 is 2.41 bits per heavy atom. The minimum Gasteiger partial charge on any atom is -0.359 e. The fourth-order valence-corrected chi connectivity index (χ4v) is 1.31. The van der Waals surface area contributed by atoms with E-state index in [0.717, 1.165) is 5.56 Å². The quantitative estimate of drug-likeness (QED) is 0.843. The van der Waals surface area contributed by atoms with E-state index in [2.05, 4.69) is 20.4 Å². The molecule has 0 saturated carbocycles. The molecule has 2 rings (SSSR count). The van der Waals surface area contributed by atoms with Gasteiger partial charge >= 0.3 is 0 Å². The number of aromatic nitrogens is 3. The predicted molar refractivity (Wildman–Crippen MR) is 59.9 cm³/mol. The summed E-state index contributed by atoms with van der Waals surface area (Å²) in [5.74, 6) is 0.892. The van der Waals surface area contributed by atoms with Gasteiger partial charge in [0, 0.05) is 37.8 Å². The summed E-state index contributed by atoms with van der Waals surface area (Å²) in [6, 6.07) is 3.65. The highest BCUT2D eigenvalue weighted by Crippen LogP contribution is 2.14. The van der Waals surface area contributed by atoms with Crippen LogP contribution in [0.1, 0.15) is 12.3 Å². The molecule has 0 spiro atoms. The molecule has 17 heavy (non-hydrogen) atoms. The van der Waals surface area contributed by atoms with E-state index in [-0.39, 0.29) is 5.91 Å². The Kier molecular flexibility index (Phi) is 3.44. The average molecular weight is 232 g/mol. The summed E-state index contributed by atoms with van der Waals surface area (Å²) >= 11 is 0. The van der Waals surface area contributed by atoms with Crippen molar-refractivity contribution in [2.45, 2.75) is 12.8 Å². The summed E-state index contributed by atoms with van der Waals surface area (Å²) in [4.78, 5) is 19.2. The second-order valence-corrected chi connectivity index (χ2v) is 3.43. The fourth-order valence-electron chi connectivity index (χ4n) is 1.31. The van der Waals surface area contributed by atoms with Gasteiger partial charge in [0.1, 0.15) is 0 Å². The lowest BCUT2D eigenvalue weighted by Crippen LogP contribution is -2.17. The minimum absolute atomic E-state index is 0.0499. The molecule has 0 aromatic carbocycles. The summed E-state index contributed by atoms with van der Waals surface area (Å²) in [5, 5.41) is 6.37. The SMILES string of the molecule is CNC(=O)CCc1nc(-c2cccnc2)no1. The molecule has 0 unspecified atom stereocenters. The van der Waals surface area contributed by atoms with Crippen LogP contribution in [0.4, 0.5) is 0 Å². The van der Waals surface area contributed by atoms with Gasteiger partial charge in [0.25, 0.3) is 0 Å². The van der Waals surface area contributed by atoms with Crippen molar-refractivity contribution in [2.24, 2.45) is 0 Å². The Labute approximate surface area is 98.1 Å². The van der Waals surface area contributed by atoms with Gasteiger partial charge in [0.05, 0.1) is 0 Å². The van der Waals surface area contributed by atoms with Crippen molar-refractivity contribution in [3.05, 3.63) is 30.4 Å². The first-order valence-corrected chi connectivity index (χ1v) is 5.23. The second kappa shape index (κ2) is 5.20. The van der Waals surface area contributed by atoms with Gasteiger partial charge in [-0.15, -0.1) is 0 Å². The van der Waals surface area contributed by atoms with Crippen LogP contribution in [0.2, 0.25) is 0 Å². The summed E-state index contributed by atoms with van der Waals surface area (Å²) < 4.78 is 5.05. The zero-order chi connectivity index (χ0) is 12.1. The normalized spacial score (nSPS) is 10.2. The lowest BCUT2D eigenvalue weighted by atomic mass is 10.2. The van der Waals surface area contributed by atoms with Crippen LogP contribution in [-0.4, -0.2) is 28.1 Å². The third kappa shape index (κ3) is 2.87. The molecule has 0 aliphatic heterocycles. The maximum atomic E-state index is 11.1. The third-order valence-corrected chi connectivity index (χ3v) is 2.23. The van der Waals surface area contributed by atoms with Crippen LogP contribution in [0.15, 0.2) is 29.0 Å². The van der Waals surface area contributed by atoms with Crippen molar-refractivity contribution < 1.29 is 9.32 Å². The summed E-state index contributed by atoms with van der Waals surface area (Å²) in [5.41, 5.74) is 0.794. The molecule has 1 N–H and O–H groups in total. The first-order chi connectivity index (χ1) is 8.29. The molecular weight excluding hydrogens is 220 g/mol. The van der Waals surface area contributed by atoms with Crippen molar-refractivity contribution in [3.63, 3.8) is 0 Å². The highest BCUT2D eigenvalue weighted by atomic mass is 16.5. The van der Waals surface area contributed by atoms with E-state index in [1.165, 1.54) is 0 Å². The van der Waals surface area contributed by atoms with Gasteiger partial charge in [-0.3, -0.25) is 9.78 Å². The van der Waals surface area contributed by atoms with Gasteiger partial charge in [-0.2, -0.15) is 4.98 Å². The monoisotopic (exact) mass is 232 g/mol. The van der Waals surface area contributed by atoms with Crippen molar-refractivity contribution in [3.8, 4) is 11.4 Å². The van der Waals surface area contributed by atoms with Crippen LogP contribution < -0.4 is 5.32 Å². The van der Waals surface area contributed by atoms with Crippen LogP contribution in [0, 0.1) is 0 Å². The molecule has 0 fully saturated rings.